The number of carbonyl (C=O) groups is 1. The number of benzene rings is 1. The summed E-state index contributed by atoms with van der Waals surface area (Å²) in [5.41, 5.74) is -0.794. The van der Waals surface area contributed by atoms with Gasteiger partial charge in [-0.25, -0.2) is 32.3 Å². The number of ether oxygens (including phenoxy) is 2. The van der Waals surface area contributed by atoms with E-state index in [9.17, 15) is 30.8 Å². The minimum absolute atomic E-state index is 0.00146. The number of rotatable bonds is 10. The van der Waals surface area contributed by atoms with Crippen molar-refractivity contribution in [3.05, 3.63) is 71.0 Å². The van der Waals surface area contributed by atoms with E-state index in [2.05, 4.69) is 25.4 Å². The van der Waals surface area contributed by atoms with Crippen LogP contribution in [0.1, 0.15) is 23.0 Å². The molecule has 4 aromatic rings. The van der Waals surface area contributed by atoms with Crippen LogP contribution in [0.15, 0.2) is 48.9 Å². The Morgan fingerprint density at radius 1 is 1.14 bits per heavy atom. The van der Waals surface area contributed by atoms with Gasteiger partial charge in [-0.3, -0.25) is 0 Å². The van der Waals surface area contributed by atoms with Crippen LogP contribution >= 0.6 is 11.6 Å². The summed E-state index contributed by atoms with van der Waals surface area (Å²) in [6.45, 7) is 1.27. The molecule has 0 aliphatic heterocycles. The number of esters is 1. The number of sulfone groups is 1. The number of anilines is 2. The number of aromatic nitrogens is 5. The average molecular weight is 629 g/mol. The van der Waals surface area contributed by atoms with E-state index in [1.54, 1.807) is 6.92 Å². The molecule has 1 N–H and O–H groups in total. The molecule has 0 spiro atoms. The Morgan fingerprint density at radius 3 is 2.55 bits per heavy atom. The molecule has 0 aliphatic rings. The van der Waals surface area contributed by atoms with Crippen LogP contribution in [0.25, 0.3) is 16.9 Å². The maximum atomic E-state index is 13.6. The second-order valence-electron chi connectivity index (χ2n) is 8.60. The predicted molar refractivity (Wildman–Crippen MR) is 143 cm³/mol. The Labute approximate surface area is 241 Å². The molecule has 0 amide bonds. The highest BCUT2D eigenvalue weighted by molar-refractivity contribution is 7.90. The minimum atomic E-state index is -4.74. The molecule has 42 heavy (non-hydrogen) atoms. The summed E-state index contributed by atoms with van der Waals surface area (Å²) in [4.78, 5) is 25.3. The van der Waals surface area contributed by atoms with E-state index in [1.165, 1.54) is 30.6 Å². The Hall–Kier alpha value is -4.31. The van der Waals surface area contributed by atoms with E-state index in [0.29, 0.717) is 5.69 Å². The third kappa shape index (κ3) is 7.50. The second kappa shape index (κ2) is 12.3. The van der Waals surface area contributed by atoms with E-state index in [4.69, 9.17) is 21.1 Å². The van der Waals surface area contributed by atoms with Gasteiger partial charge in [0, 0.05) is 41.7 Å². The summed E-state index contributed by atoms with van der Waals surface area (Å²) >= 11 is 5.83. The number of carbonyl (C=O) groups excluding carboxylic acids is 1. The standard InChI is InChI=1S/C25H21ClF4N6O5S/c1-3-40-23(37)16-10-14(12-31-22(16)41-8-9-42(2,38)39)17-13-32-24(33-15-4-5-19(27)18(26)11-15)34-21(17)36-7-6-20(35-36)25(28,29)30/h4-7,10-13H,3,8-9H2,1-2H3,(H,32,33,34). The van der Waals surface area contributed by atoms with E-state index in [-0.39, 0.29) is 58.3 Å². The maximum absolute atomic E-state index is 13.6. The molecule has 0 fully saturated rings. The zero-order valence-corrected chi connectivity index (χ0v) is 23.4. The number of halogens is 5. The molecule has 3 heterocycles. The number of hydrogen-bond donors (Lipinski definition) is 1. The molecule has 0 atom stereocenters. The molecule has 222 valence electrons. The molecule has 11 nitrogen and oxygen atoms in total. The van der Waals surface area contributed by atoms with Gasteiger partial charge in [-0.05, 0) is 37.3 Å². The quantitative estimate of drug-likeness (QED) is 0.191. The third-order valence-corrected chi connectivity index (χ3v) is 6.59. The zero-order chi connectivity index (χ0) is 30.7. The van der Waals surface area contributed by atoms with Gasteiger partial charge in [0.15, 0.2) is 21.3 Å². The molecule has 0 saturated heterocycles. The molecule has 0 aliphatic carbocycles. The molecule has 4 rings (SSSR count). The van der Waals surface area contributed by atoms with Crippen LogP contribution in [0.3, 0.4) is 0 Å². The first-order valence-corrected chi connectivity index (χ1v) is 14.4. The van der Waals surface area contributed by atoms with Crippen molar-refractivity contribution in [1.82, 2.24) is 24.7 Å². The monoisotopic (exact) mass is 628 g/mol. The van der Waals surface area contributed by atoms with Crippen molar-refractivity contribution >= 4 is 39.0 Å². The minimum Gasteiger partial charge on any atom is -0.476 e. The normalized spacial score (nSPS) is 11.8. The molecular weight excluding hydrogens is 608 g/mol. The lowest BCUT2D eigenvalue weighted by Crippen LogP contribution is -2.15. The van der Waals surface area contributed by atoms with Gasteiger partial charge in [-0.15, -0.1) is 0 Å². The molecule has 0 radical (unpaired) electrons. The van der Waals surface area contributed by atoms with Gasteiger partial charge < -0.3 is 14.8 Å². The van der Waals surface area contributed by atoms with Gasteiger partial charge in [-0.1, -0.05) is 11.6 Å². The largest absolute Gasteiger partial charge is 0.476 e. The molecule has 3 aromatic heterocycles. The van der Waals surface area contributed by atoms with Crippen molar-refractivity contribution in [2.75, 3.05) is 30.5 Å². The topological polar surface area (TPSA) is 138 Å². The van der Waals surface area contributed by atoms with Gasteiger partial charge >= 0.3 is 12.1 Å². The fourth-order valence-corrected chi connectivity index (χ4v) is 4.03. The first-order chi connectivity index (χ1) is 19.7. The summed E-state index contributed by atoms with van der Waals surface area (Å²) < 4.78 is 87.9. The number of nitrogens with one attached hydrogen (secondary N) is 1. The van der Waals surface area contributed by atoms with Crippen molar-refractivity contribution < 1.29 is 40.2 Å². The van der Waals surface area contributed by atoms with Crippen LogP contribution in [0.2, 0.25) is 5.02 Å². The number of pyridine rings is 1. The van der Waals surface area contributed by atoms with Crippen LogP contribution in [-0.2, 0) is 20.8 Å². The summed E-state index contributed by atoms with van der Waals surface area (Å²) in [5.74, 6) is -2.30. The van der Waals surface area contributed by atoms with Gasteiger partial charge in [0.05, 0.1) is 17.4 Å². The van der Waals surface area contributed by atoms with Crippen molar-refractivity contribution in [2.24, 2.45) is 0 Å². The van der Waals surface area contributed by atoms with E-state index < -0.39 is 33.5 Å². The van der Waals surface area contributed by atoms with E-state index >= 15 is 0 Å². The van der Waals surface area contributed by atoms with Crippen LogP contribution in [0.4, 0.5) is 29.2 Å². The summed E-state index contributed by atoms with van der Waals surface area (Å²) in [5, 5.41) is 6.20. The molecule has 0 unspecified atom stereocenters. The Bertz CT molecular complexity index is 1730. The van der Waals surface area contributed by atoms with E-state index in [0.717, 1.165) is 29.3 Å². The third-order valence-electron chi connectivity index (χ3n) is 5.39. The molecule has 1 aromatic carbocycles. The lowest BCUT2D eigenvalue weighted by molar-refractivity contribution is -0.141. The highest BCUT2D eigenvalue weighted by atomic mass is 35.5. The molecule has 17 heteroatoms. The van der Waals surface area contributed by atoms with Crippen LogP contribution < -0.4 is 10.1 Å². The van der Waals surface area contributed by atoms with Crippen molar-refractivity contribution in [3.8, 4) is 22.8 Å². The SMILES string of the molecule is CCOC(=O)c1cc(-c2cnc(Nc3ccc(F)c(Cl)c3)nc2-n2ccc(C(F)(F)F)n2)cnc1OCCS(C)(=O)=O. The van der Waals surface area contributed by atoms with Crippen LogP contribution in [0, 0.1) is 5.82 Å². The first-order valence-electron chi connectivity index (χ1n) is 12.0. The molecule has 0 bridgehead atoms. The van der Waals surface area contributed by atoms with Gasteiger partial charge in [-0.2, -0.15) is 23.3 Å². The highest BCUT2D eigenvalue weighted by Crippen LogP contribution is 2.32. The summed E-state index contributed by atoms with van der Waals surface area (Å²) in [7, 11) is -3.37. The van der Waals surface area contributed by atoms with Gasteiger partial charge in [0.2, 0.25) is 11.8 Å². The zero-order valence-electron chi connectivity index (χ0n) is 21.8. The maximum Gasteiger partial charge on any atom is 0.435 e. The Morgan fingerprint density at radius 2 is 1.90 bits per heavy atom. The number of nitrogens with zero attached hydrogens (tertiary/aromatic N) is 5. The lowest BCUT2D eigenvalue weighted by Gasteiger charge is -2.14. The van der Waals surface area contributed by atoms with E-state index in [1.807, 2.05) is 0 Å². The average Bonchev–Trinajstić information content (AvgIpc) is 3.42. The second-order valence-corrected chi connectivity index (χ2v) is 11.3. The smallest absolute Gasteiger partial charge is 0.435 e. The van der Waals surface area contributed by atoms with Crippen molar-refractivity contribution in [1.29, 1.82) is 0 Å². The number of hydrogen-bond acceptors (Lipinski definition) is 10. The fourth-order valence-electron chi connectivity index (χ4n) is 3.47. The van der Waals surface area contributed by atoms with Crippen molar-refractivity contribution in [3.63, 3.8) is 0 Å². The summed E-state index contributed by atoms with van der Waals surface area (Å²) in [6, 6.07) is 5.77. The van der Waals surface area contributed by atoms with Gasteiger partial charge in [0.25, 0.3) is 0 Å². The van der Waals surface area contributed by atoms with Gasteiger partial charge in [0.1, 0.15) is 18.0 Å². The predicted octanol–water partition coefficient (Wildman–Crippen LogP) is 4.88. The molecular formula is C25H21ClF4N6O5S. The van der Waals surface area contributed by atoms with Crippen LogP contribution in [0.5, 0.6) is 5.88 Å². The number of alkyl halides is 3. The van der Waals surface area contributed by atoms with Crippen molar-refractivity contribution in [2.45, 2.75) is 13.1 Å². The Kier molecular flexibility index (Phi) is 8.96. The van der Waals surface area contributed by atoms with Crippen LogP contribution in [-0.4, -0.2) is 64.3 Å². The highest BCUT2D eigenvalue weighted by Gasteiger charge is 2.34. The lowest BCUT2D eigenvalue weighted by atomic mass is 10.1. The summed E-state index contributed by atoms with van der Waals surface area (Å²) in [6.07, 6.45) is -0.199. The Balaban J connectivity index is 1.80. The fraction of sp³-hybridized carbons (Fsp3) is 0.240. The first kappa shape index (κ1) is 30.6. The molecule has 0 saturated carbocycles.